The lowest BCUT2D eigenvalue weighted by Crippen LogP contribution is -2.21. The fourth-order valence-electron chi connectivity index (χ4n) is 2.52. The molecule has 0 amide bonds. The second-order valence-electron chi connectivity index (χ2n) is 4.90. The average molecular weight is 298 g/mol. The van der Waals surface area contributed by atoms with E-state index in [4.69, 9.17) is 0 Å². The summed E-state index contributed by atoms with van der Waals surface area (Å²) in [6.07, 6.45) is 8.45. The summed E-state index contributed by atoms with van der Waals surface area (Å²) in [7, 11) is 0. The third-order valence-electron chi connectivity index (χ3n) is 3.75. The zero-order valence-electron chi connectivity index (χ0n) is 10.3. The number of nitrogens with zero attached hydrogens (tertiary/aromatic N) is 2. The SMILES string of the molecule is CCC1CCC(CNc2cc(Br)ncn2)CC1. The molecular formula is C13H20BrN3. The monoisotopic (exact) mass is 297 g/mol. The minimum atomic E-state index is 0.812. The Morgan fingerprint density at radius 1 is 1.24 bits per heavy atom. The summed E-state index contributed by atoms with van der Waals surface area (Å²) in [6.45, 7) is 3.35. The van der Waals surface area contributed by atoms with E-state index in [2.05, 4.69) is 38.1 Å². The predicted octanol–water partition coefficient (Wildman–Crippen LogP) is 3.87. The number of halogens is 1. The first-order chi connectivity index (χ1) is 8.28. The molecule has 0 aromatic carbocycles. The molecule has 4 heteroatoms. The van der Waals surface area contributed by atoms with Crippen molar-refractivity contribution in [1.82, 2.24) is 9.97 Å². The van der Waals surface area contributed by atoms with E-state index in [0.29, 0.717) is 0 Å². The van der Waals surface area contributed by atoms with Gasteiger partial charge < -0.3 is 5.32 Å². The van der Waals surface area contributed by atoms with Gasteiger partial charge in [-0.25, -0.2) is 9.97 Å². The van der Waals surface area contributed by atoms with Crippen molar-refractivity contribution < 1.29 is 0 Å². The van der Waals surface area contributed by atoms with Gasteiger partial charge in [0.2, 0.25) is 0 Å². The number of nitrogens with one attached hydrogen (secondary N) is 1. The van der Waals surface area contributed by atoms with Crippen molar-refractivity contribution in [3.8, 4) is 0 Å². The van der Waals surface area contributed by atoms with Gasteiger partial charge in [0.1, 0.15) is 16.7 Å². The number of rotatable bonds is 4. The molecule has 2 rings (SSSR count). The molecule has 3 nitrogen and oxygen atoms in total. The maximum Gasteiger partial charge on any atom is 0.130 e. The maximum absolute atomic E-state index is 4.20. The van der Waals surface area contributed by atoms with Crippen molar-refractivity contribution in [1.29, 1.82) is 0 Å². The van der Waals surface area contributed by atoms with E-state index in [1.165, 1.54) is 32.1 Å². The van der Waals surface area contributed by atoms with Gasteiger partial charge in [0, 0.05) is 12.6 Å². The molecule has 17 heavy (non-hydrogen) atoms. The lowest BCUT2D eigenvalue weighted by atomic mass is 9.81. The average Bonchev–Trinajstić information content (AvgIpc) is 2.37. The lowest BCUT2D eigenvalue weighted by Gasteiger charge is -2.27. The molecule has 0 saturated heterocycles. The van der Waals surface area contributed by atoms with Crippen LogP contribution in [0.25, 0.3) is 0 Å². The molecule has 0 spiro atoms. The molecule has 0 bridgehead atoms. The highest BCUT2D eigenvalue weighted by molar-refractivity contribution is 9.10. The first kappa shape index (κ1) is 12.8. The van der Waals surface area contributed by atoms with Crippen molar-refractivity contribution in [3.63, 3.8) is 0 Å². The van der Waals surface area contributed by atoms with Gasteiger partial charge in [-0.1, -0.05) is 26.2 Å². The number of anilines is 1. The Hall–Kier alpha value is -0.640. The fraction of sp³-hybridized carbons (Fsp3) is 0.692. The molecule has 1 fully saturated rings. The van der Waals surface area contributed by atoms with E-state index in [1.54, 1.807) is 6.33 Å². The van der Waals surface area contributed by atoms with Crippen LogP contribution < -0.4 is 5.32 Å². The topological polar surface area (TPSA) is 37.8 Å². The molecular weight excluding hydrogens is 278 g/mol. The highest BCUT2D eigenvalue weighted by Gasteiger charge is 2.19. The van der Waals surface area contributed by atoms with E-state index in [0.717, 1.165) is 28.8 Å². The Labute approximate surface area is 112 Å². The van der Waals surface area contributed by atoms with E-state index < -0.39 is 0 Å². The fourth-order valence-corrected chi connectivity index (χ4v) is 2.83. The first-order valence-electron chi connectivity index (χ1n) is 6.49. The third kappa shape index (κ3) is 3.95. The lowest BCUT2D eigenvalue weighted by molar-refractivity contribution is 0.278. The van der Waals surface area contributed by atoms with Crippen LogP contribution in [-0.4, -0.2) is 16.5 Å². The van der Waals surface area contributed by atoms with Crippen LogP contribution in [0.5, 0.6) is 0 Å². The van der Waals surface area contributed by atoms with Gasteiger partial charge in [0.15, 0.2) is 0 Å². The van der Waals surface area contributed by atoms with Crippen LogP contribution >= 0.6 is 15.9 Å². The Morgan fingerprint density at radius 3 is 2.59 bits per heavy atom. The minimum absolute atomic E-state index is 0.812. The van der Waals surface area contributed by atoms with Crippen molar-refractivity contribution in [2.45, 2.75) is 39.0 Å². The zero-order chi connectivity index (χ0) is 12.1. The minimum Gasteiger partial charge on any atom is -0.370 e. The standard InChI is InChI=1S/C13H20BrN3/c1-2-10-3-5-11(6-4-10)8-15-13-7-12(14)16-9-17-13/h7,9-11H,2-6,8H2,1H3,(H,15,16,17). The van der Waals surface area contributed by atoms with Gasteiger partial charge in [0.25, 0.3) is 0 Å². The van der Waals surface area contributed by atoms with Gasteiger partial charge in [-0.15, -0.1) is 0 Å². The Bertz CT molecular complexity index is 348. The Morgan fingerprint density at radius 2 is 1.94 bits per heavy atom. The second-order valence-corrected chi connectivity index (χ2v) is 5.71. The predicted molar refractivity (Wildman–Crippen MR) is 74.0 cm³/mol. The smallest absolute Gasteiger partial charge is 0.130 e. The van der Waals surface area contributed by atoms with Crippen molar-refractivity contribution in [2.24, 2.45) is 11.8 Å². The molecule has 0 radical (unpaired) electrons. The van der Waals surface area contributed by atoms with Gasteiger partial charge in [-0.05, 0) is 40.6 Å². The summed E-state index contributed by atoms with van der Waals surface area (Å²) < 4.78 is 0.838. The van der Waals surface area contributed by atoms with Gasteiger partial charge in [-0.3, -0.25) is 0 Å². The Balaban J connectivity index is 1.76. The molecule has 1 aliphatic rings. The number of aromatic nitrogens is 2. The quantitative estimate of drug-likeness (QED) is 0.858. The molecule has 0 unspecified atom stereocenters. The molecule has 1 saturated carbocycles. The molecule has 1 aromatic heterocycles. The maximum atomic E-state index is 4.20. The highest BCUT2D eigenvalue weighted by Crippen LogP contribution is 2.30. The molecule has 1 aliphatic carbocycles. The van der Waals surface area contributed by atoms with Crippen LogP contribution in [0.4, 0.5) is 5.82 Å². The van der Waals surface area contributed by atoms with Crippen molar-refractivity contribution >= 4 is 21.7 Å². The van der Waals surface area contributed by atoms with Crippen LogP contribution in [0.2, 0.25) is 0 Å². The van der Waals surface area contributed by atoms with Crippen LogP contribution in [-0.2, 0) is 0 Å². The normalized spacial score (nSPS) is 24.6. The molecule has 1 aromatic rings. The molecule has 0 atom stereocenters. The Kier molecular flexibility index (Phi) is 4.77. The van der Waals surface area contributed by atoms with Crippen LogP contribution in [0.1, 0.15) is 39.0 Å². The van der Waals surface area contributed by atoms with Gasteiger partial charge in [-0.2, -0.15) is 0 Å². The number of hydrogen-bond donors (Lipinski definition) is 1. The van der Waals surface area contributed by atoms with Gasteiger partial charge >= 0.3 is 0 Å². The molecule has 0 aliphatic heterocycles. The van der Waals surface area contributed by atoms with Crippen molar-refractivity contribution in [2.75, 3.05) is 11.9 Å². The van der Waals surface area contributed by atoms with E-state index in [9.17, 15) is 0 Å². The summed E-state index contributed by atoms with van der Waals surface area (Å²) in [5.74, 6) is 2.70. The molecule has 1 N–H and O–H groups in total. The zero-order valence-corrected chi connectivity index (χ0v) is 11.9. The van der Waals surface area contributed by atoms with Gasteiger partial charge in [0.05, 0.1) is 0 Å². The van der Waals surface area contributed by atoms with E-state index >= 15 is 0 Å². The summed E-state index contributed by atoms with van der Waals surface area (Å²) in [5, 5.41) is 3.41. The summed E-state index contributed by atoms with van der Waals surface area (Å²) in [4.78, 5) is 8.22. The van der Waals surface area contributed by atoms with Crippen LogP contribution in [0.15, 0.2) is 17.0 Å². The van der Waals surface area contributed by atoms with Crippen molar-refractivity contribution in [3.05, 3.63) is 17.0 Å². The number of hydrogen-bond acceptors (Lipinski definition) is 3. The van der Waals surface area contributed by atoms with E-state index in [1.807, 2.05) is 6.07 Å². The van der Waals surface area contributed by atoms with E-state index in [-0.39, 0.29) is 0 Å². The van der Waals surface area contributed by atoms with Crippen LogP contribution in [0, 0.1) is 11.8 Å². The summed E-state index contributed by atoms with van der Waals surface area (Å²) >= 11 is 3.35. The van der Waals surface area contributed by atoms with Crippen LogP contribution in [0.3, 0.4) is 0 Å². The summed E-state index contributed by atoms with van der Waals surface area (Å²) in [6, 6.07) is 1.93. The first-order valence-corrected chi connectivity index (χ1v) is 7.28. The second kappa shape index (κ2) is 6.34. The third-order valence-corrected chi connectivity index (χ3v) is 4.18. The summed E-state index contributed by atoms with van der Waals surface area (Å²) in [5.41, 5.74) is 0. The highest BCUT2D eigenvalue weighted by atomic mass is 79.9. The molecule has 94 valence electrons. The molecule has 1 heterocycles. The largest absolute Gasteiger partial charge is 0.370 e.